The van der Waals surface area contributed by atoms with E-state index in [9.17, 15) is 4.79 Å². The average Bonchev–Trinajstić information content (AvgIpc) is 2.32. The Balaban J connectivity index is 1.98. The fourth-order valence-corrected chi connectivity index (χ4v) is 1.84. The SMILES string of the molecule is Cc1cccc(NC(=O)Cc2ccc(Cl)cc2)c1. The van der Waals surface area contributed by atoms with Crippen LogP contribution in [0.25, 0.3) is 0 Å². The standard InChI is InChI=1S/C15H14ClNO/c1-11-3-2-4-14(9-11)17-15(18)10-12-5-7-13(16)8-6-12/h2-9H,10H2,1H3,(H,17,18). The molecule has 0 atom stereocenters. The van der Waals surface area contributed by atoms with Gasteiger partial charge in [0.05, 0.1) is 6.42 Å². The minimum absolute atomic E-state index is 0.0251. The van der Waals surface area contributed by atoms with Crippen molar-refractivity contribution in [3.8, 4) is 0 Å². The number of benzene rings is 2. The number of nitrogens with one attached hydrogen (secondary N) is 1. The number of hydrogen-bond donors (Lipinski definition) is 1. The van der Waals surface area contributed by atoms with Gasteiger partial charge < -0.3 is 5.32 Å². The number of carbonyl (C=O) groups excluding carboxylic acids is 1. The van der Waals surface area contributed by atoms with Crippen molar-refractivity contribution < 1.29 is 4.79 Å². The maximum absolute atomic E-state index is 11.8. The minimum Gasteiger partial charge on any atom is -0.326 e. The predicted octanol–water partition coefficient (Wildman–Crippen LogP) is 3.83. The lowest BCUT2D eigenvalue weighted by atomic mass is 10.1. The third-order valence-corrected chi connectivity index (χ3v) is 2.83. The van der Waals surface area contributed by atoms with Crippen molar-refractivity contribution in [1.29, 1.82) is 0 Å². The summed E-state index contributed by atoms with van der Waals surface area (Å²) in [5.41, 5.74) is 2.90. The van der Waals surface area contributed by atoms with Gasteiger partial charge in [-0.05, 0) is 42.3 Å². The van der Waals surface area contributed by atoms with Crippen molar-refractivity contribution >= 4 is 23.2 Å². The second-order valence-corrected chi connectivity index (χ2v) is 4.66. The quantitative estimate of drug-likeness (QED) is 0.892. The lowest BCUT2D eigenvalue weighted by molar-refractivity contribution is -0.115. The van der Waals surface area contributed by atoms with E-state index in [-0.39, 0.29) is 5.91 Å². The summed E-state index contributed by atoms with van der Waals surface area (Å²) < 4.78 is 0. The predicted molar refractivity (Wildman–Crippen MR) is 75.0 cm³/mol. The van der Waals surface area contributed by atoms with Gasteiger partial charge in [-0.15, -0.1) is 0 Å². The van der Waals surface area contributed by atoms with Crippen LogP contribution in [0.4, 0.5) is 5.69 Å². The maximum atomic E-state index is 11.8. The Morgan fingerprint density at radius 1 is 1.17 bits per heavy atom. The van der Waals surface area contributed by atoms with Crippen molar-refractivity contribution in [1.82, 2.24) is 0 Å². The lowest BCUT2D eigenvalue weighted by Crippen LogP contribution is -2.14. The Morgan fingerprint density at radius 3 is 2.56 bits per heavy atom. The summed E-state index contributed by atoms with van der Waals surface area (Å²) in [6.07, 6.45) is 0.352. The van der Waals surface area contributed by atoms with Crippen molar-refractivity contribution in [3.63, 3.8) is 0 Å². The first-order chi connectivity index (χ1) is 8.63. The van der Waals surface area contributed by atoms with E-state index in [1.165, 1.54) is 0 Å². The highest BCUT2D eigenvalue weighted by molar-refractivity contribution is 6.30. The van der Waals surface area contributed by atoms with Gasteiger partial charge in [0.25, 0.3) is 0 Å². The molecule has 0 aromatic heterocycles. The van der Waals surface area contributed by atoms with E-state index < -0.39 is 0 Å². The summed E-state index contributed by atoms with van der Waals surface area (Å²) in [5.74, 6) is -0.0251. The van der Waals surface area contributed by atoms with Crippen molar-refractivity contribution in [2.24, 2.45) is 0 Å². The molecule has 0 bridgehead atoms. The first-order valence-corrected chi connectivity index (χ1v) is 6.12. The number of amides is 1. The van der Waals surface area contributed by atoms with Crippen LogP contribution < -0.4 is 5.32 Å². The Hall–Kier alpha value is -1.80. The van der Waals surface area contributed by atoms with E-state index in [0.717, 1.165) is 16.8 Å². The molecule has 0 saturated carbocycles. The number of aryl methyl sites for hydroxylation is 1. The summed E-state index contributed by atoms with van der Waals surface area (Å²) in [6, 6.07) is 15.0. The Morgan fingerprint density at radius 2 is 1.89 bits per heavy atom. The van der Waals surface area contributed by atoms with Crippen LogP contribution in [-0.2, 0) is 11.2 Å². The fraction of sp³-hybridized carbons (Fsp3) is 0.133. The highest BCUT2D eigenvalue weighted by Gasteiger charge is 2.04. The molecule has 2 nitrogen and oxygen atoms in total. The number of halogens is 1. The smallest absolute Gasteiger partial charge is 0.228 e. The summed E-state index contributed by atoms with van der Waals surface area (Å²) >= 11 is 5.79. The molecule has 92 valence electrons. The molecule has 0 aliphatic carbocycles. The van der Waals surface area contributed by atoms with E-state index in [4.69, 9.17) is 11.6 Å². The monoisotopic (exact) mass is 259 g/mol. The van der Waals surface area contributed by atoms with Crippen molar-refractivity contribution in [2.45, 2.75) is 13.3 Å². The molecular formula is C15H14ClNO. The molecule has 0 aliphatic rings. The molecule has 1 amide bonds. The van der Waals surface area contributed by atoms with Gasteiger partial charge in [-0.3, -0.25) is 4.79 Å². The summed E-state index contributed by atoms with van der Waals surface area (Å²) in [5, 5.41) is 3.55. The van der Waals surface area contributed by atoms with Gasteiger partial charge in [0.1, 0.15) is 0 Å². The number of anilines is 1. The Kier molecular flexibility index (Phi) is 4.00. The van der Waals surface area contributed by atoms with Crippen molar-refractivity contribution in [3.05, 3.63) is 64.7 Å². The van der Waals surface area contributed by atoms with E-state index in [0.29, 0.717) is 11.4 Å². The molecule has 2 aromatic carbocycles. The fourth-order valence-electron chi connectivity index (χ4n) is 1.72. The number of carbonyl (C=O) groups is 1. The van der Waals surface area contributed by atoms with Gasteiger partial charge in [-0.1, -0.05) is 35.9 Å². The molecule has 0 heterocycles. The second kappa shape index (κ2) is 5.69. The molecule has 0 aliphatic heterocycles. The van der Waals surface area contributed by atoms with Gasteiger partial charge >= 0.3 is 0 Å². The van der Waals surface area contributed by atoms with Gasteiger partial charge in [-0.25, -0.2) is 0 Å². The highest BCUT2D eigenvalue weighted by Crippen LogP contribution is 2.12. The highest BCUT2D eigenvalue weighted by atomic mass is 35.5. The van der Waals surface area contributed by atoms with E-state index in [1.807, 2.05) is 43.3 Å². The largest absolute Gasteiger partial charge is 0.326 e. The van der Waals surface area contributed by atoms with Crippen LogP contribution in [-0.4, -0.2) is 5.91 Å². The van der Waals surface area contributed by atoms with Crippen molar-refractivity contribution in [2.75, 3.05) is 5.32 Å². The molecule has 0 spiro atoms. The first-order valence-electron chi connectivity index (χ1n) is 5.74. The maximum Gasteiger partial charge on any atom is 0.228 e. The second-order valence-electron chi connectivity index (χ2n) is 4.22. The molecule has 2 rings (SSSR count). The normalized spacial score (nSPS) is 10.1. The van der Waals surface area contributed by atoms with E-state index in [1.54, 1.807) is 12.1 Å². The Bertz CT molecular complexity index is 549. The van der Waals surface area contributed by atoms with Crippen LogP contribution >= 0.6 is 11.6 Å². The summed E-state index contributed by atoms with van der Waals surface area (Å²) in [7, 11) is 0. The average molecular weight is 260 g/mol. The molecule has 0 fully saturated rings. The van der Waals surface area contributed by atoms with Gasteiger partial charge in [0.2, 0.25) is 5.91 Å². The van der Waals surface area contributed by atoms with Gasteiger partial charge in [-0.2, -0.15) is 0 Å². The molecule has 0 saturated heterocycles. The summed E-state index contributed by atoms with van der Waals surface area (Å²) in [6.45, 7) is 1.99. The topological polar surface area (TPSA) is 29.1 Å². The lowest BCUT2D eigenvalue weighted by Gasteiger charge is -2.06. The minimum atomic E-state index is -0.0251. The van der Waals surface area contributed by atoms with Gasteiger partial charge in [0, 0.05) is 10.7 Å². The molecule has 3 heteroatoms. The Labute approximate surface area is 112 Å². The third-order valence-electron chi connectivity index (χ3n) is 2.58. The van der Waals surface area contributed by atoms with Gasteiger partial charge in [0.15, 0.2) is 0 Å². The summed E-state index contributed by atoms with van der Waals surface area (Å²) in [4.78, 5) is 11.8. The molecular weight excluding hydrogens is 246 g/mol. The van der Waals surface area contributed by atoms with Crippen LogP contribution in [0.1, 0.15) is 11.1 Å². The molecule has 0 unspecified atom stereocenters. The van der Waals surface area contributed by atoms with Crippen LogP contribution in [0, 0.1) is 6.92 Å². The zero-order valence-electron chi connectivity index (χ0n) is 10.1. The first kappa shape index (κ1) is 12.7. The zero-order valence-corrected chi connectivity index (χ0v) is 10.9. The molecule has 0 radical (unpaired) electrons. The van der Waals surface area contributed by atoms with E-state index >= 15 is 0 Å². The van der Waals surface area contributed by atoms with E-state index in [2.05, 4.69) is 5.32 Å². The molecule has 18 heavy (non-hydrogen) atoms. The van der Waals surface area contributed by atoms with Crippen LogP contribution in [0.2, 0.25) is 5.02 Å². The van der Waals surface area contributed by atoms with Crippen LogP contribution in [0.15, 0.2) is 48.5 Å². The number of rotatable bonds is 3. The van der Waals surface area contributed by atoms with Crippen LogP contribution in [0.3, 0.4) is 0 Å². The van der Waals surface area contributed by atoms with Crippen LogP contribution in [0.5, 0.6) is 0 Å². The molecule has 2 aromatic rings. The third kappa shape index (κ3) is 3.60. The number of hydrogen-bond acceptors (Lipinski definition) is 1. The zero-order chi connectivity index (χ0) is 13.0. The molecule has 1 N–H and O–H groups in total.